The van der Waals surface area contributed by atoms with Gasteiger partial charge in [0, 0.05) is 29.6 Å². The quantitative estimate of drug-likeness (QED) is 0.500. The summed E-state index contributed by atoms with van der Waals surface area (Å²) in [6, 6.07) is 5.52. The summed E-state index contributed by atoms with van der Waals surface area (Å²) < 4.78 is 35.4. The van der Waals surface area contributed by atoms with E-state index >= 15 is 0 Å². The first kappa shape index (κ1) is 15.7. The topological polar surface area (TPSA) is 63.6 Å². The average Bonchev–Trinajstić information content (AvgIpc) is 2.14. The van der Waals surface area contributed by atoms with E-state index in [1.165, 1.54) is 24.3 Å². The van der Waals surface area contributed by atoms with E-state index < -0.39 is 10.1 Å². The minimum absolute atomic E-state index is 0. The SMILES string of the molecule is C=C(C)COc1ccc(S(=O)(=O)O)cc1.[Na]. The third-order valence-electron chi connectivity index (χ3n) is 1.61. The van der Waals surface area contributed by atoms with Crippen LogP contribution >= 0.6 is 0 Å². The Morgan fingerprint density at radius 3 is 2.25 bits per heavy atom. The van der Waals surface area contributed by atoms with Crippen molar-refractivity contribution in [2.24, 2.45) is 0 Å². The molecule has 0 aromatic heterocycles. The Morgan fingerprint density at radius 1 is 1.38 bits per heavy atom. The van der Waals surface area contributed by atoms with Gasteiger partial charge in [0.15, 0.2) is 0 Å². The fraction of sp³-hybridized carbons (Fsp3) is 0.200. The molecule has 0 bridgehead atoms. The Labute approximate surface area is 117 Å². The molecule has 6 heteroatoms. The van der Waals surface area contributed by atoms with Crippen LogP contribution in [-0.2, 0) is 10.1 Å². The van der Waals surface area contributed by atoms with E-state index in [1.807, 2.05) is 6.92 Å². The van der Waals surface area contributed by atoms with Crippen LogP contribution in [0.5, 0.6) is 5.75 Å². The fourth-order valence-corrected chi connectivity index (χ4v) is 1.39. The summed E-state index contributed by atoms with van der Waals surface area (Å²) in [5, 5.41) is 0. The number of ether oxygens (including phenoxy) is 1. The third-order valence-corrected chi connectivity index (χ3v) is 2.47. The molecule has 1 N–H and O–H groups in total. The van der Waals surface area contributed by atoms with Crippen LogP contribution in [0, 0.1) is 0 Å². The molecule has 0 atom stereocenters. The monoisotopic (exact) mass is 251 g/mol. The van der Waals surface area contributed by atoms with Gasteiger partial charge in [0.25, 0.3) is 10.1 Å². The van der Waals surface area contributed by atoms with Gasteiger partial charge < -0.3 is 4.74 Å². The van der Waals surface area contributed by atoms with Gasteiger partial charge in [-0.2, -0.15) is 8.42 Å². The van der Waals surface area contributed by atoms with Crippen LogP contribution in [0.25, 0.3) is 0 Å². The zero-order valence-electron chi connectivity index (χ0n) is 9.30. The number of hydrogen-bond acceptors (Lipinski definition) is 3. The maximum Gasteiger partial charge on any atom is 0.294 e. The first-order valence-electron chi connectivity index (χ1n) is 4.24. The van der Waals surface area contributed by atoms with Crippen LogP contribution in [-0.4, -0.2) is 49.1 Å². The van der Waals surface area contributed by atoms with Gasteiger partial charge in [-0.25, -0.2) is 0 Å². The van der Waals surface area contributed by atoms with Crippen LogP contribution in [0.2, 0.25) is 0 Å². The Balaban J connectivity index is 0.00000225. The Hall–Kier alpha value is -0.330. The van der Waals surface area contributed by atoms with Gasteiger partial charge in [-0.05, 0) is 36.8 Å². The van der Waals surface area contributed by atoms with Crippen LogP contribution in [0.3, 0.4) is 0 Å². The fourth-order valence-electron chi connectivity index (χ4n) is 0.914. The van der Waals surface area contributed by atoms with Gasteiger partial charge in [-0.1, -0.05) is 6.58 Å². The smallest absolute Gasteiger partial charge is 0.294 e. The van der Waals surface area contributed by atoms with Crippen LogP contribution in [0.1, 0.15) is 6.92 Å². The van der Waals surface area contributed by atoms with Gasteiger partial charge in [0.05, 0.1) is 4.90 Å². The minimum atomic E-state index is -4.12. The van der Waals surface area contributed by atoms with E-state index in [0.717, 1.165) is 5.57 Å². The molecule has 0 heterocycles. The van der Waals surface area contributed by atoms with E-state index in [-0.39, 0.29) is 34.5 Å². The molecule has 1 aromatic rings. The molecule has 1 radical (unpaired) electrons. The van der Waals surface area contributed by atoms with Crippen LogP contribution in [0.15, 0.2) is 41.3 Å². The molecule has 16 heavy (non-hydrogen) atoms. The van der Waals surface area contributed by atoms with Crippen molar-refractivity contribution in [3.05, 3.63) is 36.4 Å². The molecular formula is C10H12NaO4S. The average molecular weight is 251 g/mol. The number of rotatable bonds is 4. The maximum absolute atomic E-state index is 10.7. The molecule has 1 rings (SSSR count). The van der Waals surface area contributed by atoms with Gasteiger partial charge in [-0.15, -0.1) is 0 Å². The zero-order chi connectivity index (χ0) is 11.5. The normalized spacial score (nSPS) is 10.4. The van der Waals surface area contributed by atoms with Crippen molar-refractivity contribution in [3.8, 4) is 5.75 Å². The Bertz CT molecular complexity index is 450. The van der Waals surface area contributed by atoms with Crippen LogP contribution < -0.4 is 4.74 Å². The molecule has 0 aliphatic carbocycles. The van der Waals surface area contributed by atoms with Crippen molar-refractivity contribution < 1.29 is 17.7 Å². The van der Waals surface area contributed by atoms with Gasteiger partial charge >= 0.3 is 0 Å². The molecule has 0 spiro atoms. The molecule has 83 valence electrons. The van der Waals surface area contributed by atoms with E-state index in [9.17, 15) is 8.42 Å². The molecule has 0 amide bonds. The second-order valence-corrected chi connectivity index (χ2v) is 4.61. The summed E-state index contributed by atoms with van der Waals surface area (Å²) in [6.07, 6.45) is 0. The zero-order valence-corrected chi connectivity index (χ0v) is 12.1. The maximum atomic E-state index is 10.7. The molecular weight excluding hydrogens is 239 g/mol. The molecule has 0 aliphatic rings. The predicted molar refractivity (Wildman–Crippen MR) is 62.3 cm³/mol. The predicted octanol–water partition coefficient (Wildman–Crippen LogP) is 1.51. The van der Waals surface area contributed by atoms with E-state index in [4.69, 9.17) is 9.29 Å². The molecule has 0 unspecified atom stereocenters. The standard InChI is InChI=1S/C10H12O4S.Na/c1-8(2)7-14-9-3-5-10(6-4-9)15(11,12)13;/h3-6H,1,7H2,2H3,(H,11,12,13);. The molecule has 0 saturated heterocycles. The summed E-state index contributed by atoms with van der Waals surface area (Å²) in [5.74, 6) is 0.533. The third kappa shape index (κ3) is 5.14. The van der Waals surface area contributed by atoms with Crippen molar-refractivity contribution in [1.29, 1.82) is 0 Å². The van der Waals surface area contributed by atoms with E-state index in [0.29, 0.717) is 12.4 Å². The largest absolute Gasteiger partial charge is 0.489 e. The first-order valence-corrected chi connectivity index (χ1v) is 5.68. The minimum Gasteiger partial charge on any atom is -0.489 e. The summed E-state index contributed by atoms with van der Waals surface area (Å²) in [4.78, 5) is -0.148. The molecule has 0 fully saturated rings. The molecule has 0 saturated carbocycles. The first-order chi connectivity index (χ1) is 6.89. The van der Waals surface area contributed by atoms with E-state index in [1.54, 1.807) is 0 Å². The Morgan fingerprint density at radius 2 is 1.88 bits per heavy atom. The number of hydrogen-bond donors (Lipinski definition) is 1. The summed E-state index contributed by atoms with van der Waals surface area (Å²) >= 11 is 0. The van der Waals surface area contributed by atoms with Crippen molar-refractivity contribution in [2.45, 2.75) is 11.8 Å². The van der Waals surface area contributed by atoms with Gasteiger partial charge in [0.1, 0.15) is 12.4 Å². The van der Waals surface area contributed by atoms with E-state index in [2.05, 4.69) is 6.58 Å². The molecule has 0 aliphatic heterocycles. The summed E-state index contributed by atoms with van der Waals surface area (Å²) in [7, 11) is -4.12. The van der Waals surface area contributed by atoms with Crippen molar-refractivity contribution >= 4 is 39.7 Å². The number of benzene rings is 1. The second-order valence-electron chi connectivity index (χ2n) is 3.19. The summed E-state index contributed by atoms with van der Waals surface area (Å²) in [5.41, 5.74) is 0.869. The van der Waals surface area contributed by atoms with Gasteiger partial charge in [-0.3, -0.25) is 4.55 Å². The van der Waals surface area contributed by atoms with Crippen LogP contribution in [0.4, 0.5) is 0 Å². The van der Waals surface area contributed by atoms with Gasteiger partial charge in [0.2, 0.25) is 0 Å². The Kier molecular flexibility index (Phi) is 6.28. The summed E-state index contributed by atoms with van der Waals surface area (Å²) in [6.45, 7) is 5.87. The molecule has 4 nitrogen and oxygen atoms in total. The second kappa shape index (κ2) is 6.42. The van der Waals surface area contributed by atoms with Crippen molar-refractivity contribution in [1.82, 2.24) is 0 Å². The molecule has 1 aromatic carbocycles. The van der Waals surface area contributed by atoms with Crippen molar-refractivity contribution in [3.63, 3.8) is 0 Å². The van der Waals surface area contributed by atoms with Crippen molar-refractivity contribution in [2.75, 3.05) is 6.61 Å².